The van der Waals surface area contributed by atoms with Crippen LogP contribution in [0.2, 0.25) is 0 Å². The second-order valence-corrected chi connectivity index (χ2v) is 6.07. The number of anilines is 1. The highest BCUT2D eigenvalue weighted by Crippen LogP contribution is 2.29. The number of carbonyl (C=O) groups is 2. The maximum Gasteiger partial charge on any atom is 0.319 e. The van der Waals surface area contributed by atoms with Crippen molar-refractivity contribution in [2.24, 2.45) is 5.92 Å². The highest BCUT2D eigenvalue weighted by atomic mass is 16.4. The van der Waals surface area contributed by atoms with Crippen LogP contribution in [0.25, 0.3) is 0 Å². The molecule has 5 nitrogen and oxygen atoms in total. The van der Waals surface area contributed by atoms with Crippen molar-refractivity contribution in [2.75, 3.05) is 11.9 Å². The van der Waals surface area contributed by atoms with Crippen molar-refractivity contribution in [1.82, 2.24) is 5.32 Å². The van der Waals surface area contributed by atoms with E-state index in [1.54, 1.807) is 6.92 Å². The quantitative estimate of drug-likeness (QED) is 0.779. The molecule has 2 amide bonds. The summed E-state index contributed by atoms with van der Waals surface area (Å²) in [5.74, 6) is -1.46. The molecule has 0 aromatic heterocycles. The second kappa shape index (κ2) is 7.11. The summed E-state index contributed by atoms with van der Waals surface area (Å²) in [6, 6.07) is 7.22. The number of hydrogen-bond acceptors (Lipinski definition) is 2. The van der Waals surface area contributed by atoms with Gasteiger partial charge >= 0.3 is 12.0 Å². The van der Waals surface area contributed by atoms with Gasteiger partial charge in [-0.25, -0.2) is 4.79 Å². The zero-order valence-electron chi connectivity index (χ0n) is 13.1. The Kier molecular flexibility index (Phi) is 5.76. The first-order valence-electron chi connectivity index (χ1n) is 7.13. The molecule has 3 N–H and O–H groups in total. The van der Waals surface area contributed by atoms with Crippen molar-refractivity contribution >= 4 is 17.7 Å². The van der Waals surface area contributed by atoms with Crippen LogP contribution in [0.4, 0.5) is 10.5 Å². The third-order valence-electron chi connectivity index (χ3n) is 3.33. The molecule has 0 aliphatic rings. The number of urea groups is 1. The summed E-state index contributed by atoms with van der Waals surface area (Å²) in [5, 5.41) is 14.4. The lowest BCUT2D eigenvalue weighted by Gasteiger charge is -2.23. The largest absolute Gasteiger partial charge is 0.481 e. The predicted molar refractivity (Wildman–Crippen MR) is 83.6 cm³/mol. The number of nitrogens with one attached hydrogen (secondary N) is 2. The van der Waals surface area contributed by atoms with Gasteiger partial charge in [-0.15, -0.1) is 0 Å². The van der Waals surface area contributed by atoms with Crippen LogP contribution in [0.5, 0.6) is 0 Å². The van der Waals surface area contributed by atoms with Gasteiger partial charge in [0.1, 0.15) is 0 Å². The van der Waals surface area contributed by atoms with Crippen LogP contribution in [0.1, 0.15) is 39.7 Å². The Morgan fingerprint density at radius 2 is 1.86 bits per heavy atom. The Morgan fingerprint density at radius 3 is 2.38 bits per heavy atom. The van der Waals surface area contributed by atoms with Gasteiger partial charge in [-0.1, -0.05) is 45.9 Å². The molecule has 0 bridgehead atoms. The Bertz CT molecular complexity index is 506. The highest BCUT2D eigenvalue weighted by molar-refractivity contribution is 5.90. The molecule has 0 saturated heterocycles. The van der Waals surface area contributed by atoms with Gasteiger partial charge < -0.3 is 15.7 Å². The summed E-state index contributed by atoms with van der Waals surface area (Å²) < 4.78 is 0. The van der Waals surface area contributed by atoms with Gasteiger partial charge in [-0.2, -0.15) is 0 Å². The first-order chi connectivity index (χ1) is 9.75. The van der Waals surface area contributed by atoms with Crippen molar-refractivity contribution in [3.8, 4) is 0 Å². The van der Waals surface area contributed by atoms with E-state index in [4.69, 9.17) is 5.11 Å². The molecule has 1 atom stereocenters. The Hall–Kier alpha value is -2.04. The van der Waals surface area contributed by atoms with E-state index >= 15 is 0 Å². The first kappa shape index (κ1) is 17.0. The molecule has 21 heavy (non-hydrogen) atoms. The van der Waals surface area contributed by atoms with Crippen molar-refractivity contribution in [1.29, 1.82) is 0 Å². The number of benzene rings is 1. The number of carboxylic acids is 1. The maximum absolute atomic E-state index is 11.9. The van der Waals surface area contributed by atoms with E-state index in [0.717, 1.165) is 11.3 Å². The van der Waals surface area contributed by atoms with Crippen LogP contribution in [-0.4, -0.2) is 23.7 Å². The van der Waals surface area contributed by atoms with Crippen LogP contribution in [0, 0.1) is 5.92 Å². The van der Waals surface area contributed by atoms with Gasteiger partial charge in [0.15, 0.2) is 0 Å². The lowest BCUT2D eigenvalue weighted by atomic mass is 9.86. The summed E-state index contributed by atoms with van der Waals surface area (Å²) in [5.41, 5.74) is 1.69. The number of amides is 2. The molecule has 1 aromatic rings. The molecule has 1 rings (SSSR count). The van der Waals surface area contributed by atoms with Gasteiger partial charge in [0.2, 0.25) is 0 Å². The molecular weight excluding hydrogens is 268 g/mol. The summed E-state index contributed by atoms with van der Waals surface area (Å²) >= 11 is 0. The molecule has 5 heteroatoms. The maximum atomic E-state index is 11.9. The fourth-order valence-corrected chi connectivity index (χ4v) is 2.03. The van der Waals surface area contributed by atoms with Crippen molar-refractivity contribution in [2.45, 2.75) is 39.5 Å². The van der Waals surface area contributed by atoms with Gasteiger partial charge in [-0.05, 0) is 23.5 Å². The highest BCUT2D eigenvalue weighted by Gasteiger charge is 2.19. The molecule has 0 fully saturated rings. The van der Waals surface area contributed by atoms with E-state index in [1.165, 1.54) is 0 Å². The molecule has 116 valence electrons. The molecule has 0 aliphatic heterocycles. The normalized spacial score (nSPS) is 12.6. The number of rotatable bonds is 5. The summed E-state index contributed by atoms with van der Waals surface area (Å²) in [6.45, 7) is 8.12. The van der Waals surface area contributed by atoms with Crippen LogP contribution in [0.15, 0.2) is 24.3 Å². The van der Waals surface area contributed by atoms with Crippen molar-refractivity contribution < 1.29 is 14.7 Å². The smallest absolute Gasteiger partial charge is 0.319 e. The zero-order valence-corrected chi connectivity index (χ0v) is 13.1. The van der Waals surface area contributed by atoms with E-state index in [9.17, 15) is 9.59 Å². The summed E-state index contributed by atoms with van der Waals surface area (Å²) in [7, 11) is 0. The molecule has 0 saturated carbocycles. The minimum Gasteiger partial charge on any atom is -0.481 e. The molecule has 1 unspecified atom stereocenters. The monoisotopic (exact) mass is 292 g/mol. The Balaban J connectivity index is 2.70. The van der Waals surface area contributed by atoms with E-state index in [1.807, 2.05) is 24.3 Å². The number of carboxylic acid groups (broad SMARTS) is 1. The lowest BCUT2D eigenvalue weighted by molar-refractivity contribution is -0.141. The zero-order chi connectivity index (χ0) is 16.0. The number of carbonyl (C=O) groups excluding carboxylic acids is 1. The number of hydrogen-bond donors (Lipinski definition) is 3. The molecular formula is C16H24N2O3. The number of aliphatic carboxylic acids is 1. The molecule has 0 spiro atoms. The van der Waals surface area contributed by atoms with Crippen molar-refractivity contribution in [3.05, 3.63) is 29.8 Å². The van der Waals surface area contributed by atoms with Gasteiger partial charge in [0.25, 0.3) is 0 Å². The second-order valence-electron chi connectivity index (χ2n) is 6.07. The SMILES string of the molecule is CCC(CNC(=O)Nc1ccccc1C(C)(C)C)C(=O)O. The van der Waals surface area contributed by atoms with Crippen LogP contribution in [-0.2, 0) is 10.2 Å². The van der Waals surface area contributed by atoms with E-state index < -0.39 is 11.9 Å². The van der Waals surface area contributed by atoms with E-state index in [0.29, 0.717) is 6.42 Å². The average molecular weight is 292 g/mol. The number of para-hydroxylation sites is 1. The van der Waals surface area contributed by atoms with Crippen LogP contribution < -0.4 is 10.6 Å². The van der Waals surface area contributed by atoms with E-state index in [-0.39, 0.29) is 18.0 Å². The Labute approximate surface area is 125 Å². The minimum absolute atomic E-state index is 0.0864. The van der Waals surface area contributed by atoms with Crippen LogP contribution in [0.3, 0.4) is 0 Å². The summed E-state index contributed by atoms with van der Waals surface area (Å²) in [4.78, 5) is 22.8. The van der Waals surface area contributed by atoms with Gasteiger partial charge in [0.05, 0.1) is 5.92 Å². The predicted octanol–water partition coefficient (Wildman–Crippen LogP) is 3.22. The molecule has 0 radical (unpaired) electrons. The standard InChI is InChI=1S/C16H24N2O3/c1-5-11(14(19)20)10-17-15(21)18-13-9-7-6-8-12(13)16(2,3)4/h6-9,11H,5,10H2,1-4H3,(H,19,20)(H2,17,18,21). The van der Waals surface area contributed by atoms with Gasteiger partial charge in [-0.3, -0.25) is 4.79 Å². The molecule has 0 heterocycles. The fourth-order valence-electron chi connectivity index (χ4n) is 2.03. The van der Waals surface area contributed by atoms with Crippen LogP contribution >= 0.6 is 0 Å². The van der Waals surface area contributed by atoms with Crippen molar-refractivity contribution in [3.63, 3.8) is 0 Å². The summed E-state index contributed by atoms with van der Waals surface area (Å²) in [6.07, 6.45) is 0.480. The Morgan fingerprint density at radius 1 is 1.24 bits per heavy atom. The molecule has 1 aromatic carbocycles. The third kappa shape index (κ3) is 5.10. The molecule has 0 aliphatic carbocycles. The van der Waals surface area contributed by atoms with E-state index in [2.05, 4.69) is 31.4 Å². The van der Waals surface area contributed by atoms with Gasteiger partial charge in [0, 0.05) is 12.2 Å². The third-order valence-corrected chi connectivity index (χ3v) is 3.33. The average Bonchev–Trinajstić information content (AvgIpc) is 2.38. The fraction of sp³-hybridized carbons (Fsp3) is 0.500. The minimum atomic E-state index is -0.895. The first-order valence-corrected chi connectivity index (χ1v) is 7.13. The lowest BCUT2D eigenvalue weighted by Crippen LogP contribution is -2.36. The topological polar surface area (TPSA) is 78.4 Å².